The molecule has 126 valence electrons. The largest absolute Gasteiger partial charge is 0.490 e. The highest BCUT2D eigenvalue weighted by Crippen LogP contribution is 2.33. The van der Waals surface area contributed by atoms with Crippen molar-refractivity contribution in [2.24, 2.45) is 0 Å². The molecule has 1 heterocycles. The molecule has 0 bridgehead atoms. The van der Waals surface area contributed by atoms with Crippen LogP contribution in [0.15, 0.2) is 65.1 Å². The first kappa shape index (κ1) is 16.1. The van der Waals surface area contributed by atoms with Crippen molar-refractivity contribution in [2.45, 2.75) is 12.6 Å². The molecule has 1 atom stereocenters. The van der Waals surface area contributed by atoms with Gasteiger partial charge in [0.25, 0.3) is 0 Å². The third kappa shape index (κ3) is 3.23. The third-order valence-electron chi connectivity index (χ3n) is 4.06. The van der Waals surface area contributed by atoms with Crippen LogP contribution in [0.2, 0.25) is 0 Å². The van der Waals surface area contributed by atoms with Crippen LogP contribution in [-0.2, 0) is 6.54 Å². The molecule has 0 aliphatic carbocycles. The summed E-state index contributed by atoms with van der Waals surface area (Å²) in [4.78, 5) is 0. The molecule has 25 heavy (non-hydrogen) atoms. The van der Waals surface area contributed by atoms with Gasteiger partial charge in [0.05, 0.1) is 16.5 Å². The van der Waals surface area contributed by atoms with Gasteiger partial charge >= 0.3 is 0 Å². The number of benzene rings is 3. The second-order valence-electron chi connectivity index (χ2n) is 5.82. The normalized spacial score (nSPS) is 12.6. The monoisotopic (exact) mass is 397 g/mol. The first-order valence-corrected chi connectivity index (χ1v) is 8.78. The number of aliphatic hydroxyl groups excluding tert-OH is 1. The van der Waals surface area contributed by atoms with E-state index in [0.717, 1.165) is 26.3 Å². The van der Waals surface area contributed by atoms with Crippen LogP contribution in [0.5, 0.6) is 5.75 Å². The van der Waals surface area contributed by atoms with E-state index < -0.39 is 6.10 Å². The molecule has 0 saturated heterocycles. The summed E-state index contributed by atoms with van der Waals surface area (Å²) in [6.45, 7) is 0.497. The van der Waals surface area contributed by atoms with Crippen LogP contribution < -0.4 is 4.74 Å². The van der Waals surface area contributed by atoms with E-state index in [-0.39, 0.29) is 6.61 Å². The number of ether oxygens (including phenoxy) is 1. The summed E-state index contributed by atoms with van der Waals surface area (Å²) >= 11 is 3.59. The molecule has 1 N–H and O–H groups in total. The molecule has 5 nitrogen and oxygen atoms in total. The minimum absolute atomic E-state index is 0.172. The van der Waals surface area contributed by atoms with Crippen LogP contribution in [0.4, 0.5) is 0 Å². The van der Waals surface area contributed by atoms with Gasteiger partial charge in [0.2, 0.25) is 0 Å². The molecule has 0 spiro atoms. The van der Waals surface area contributed by atoms with Crippen molar-refractivity contribution in [1.82, 2.24) is 15.0 Å². The van der Waals surface area contributed by atoms with E-state index >= 15 is 0 Å². The van der Waals surface area contributed by atoms with Crippen LogP contribution in [0.3, 0.4) is 0 Å². The van der Waals surface area contributed by atoms with E-state index in [1.807, 2.05) is 54.6 Å². The Morgan fingerprint density at radius 1 is 1.04 bits per heavy atom. The zero-order chi connectivity index (χ0) is 17.2. The SMILES string of the molecule is O[C@H](COc1ccc2ccccc2c1Br)Cn1nnc2ccccc21. The molecule has 6 heteroatoms. The van der Waals surface area contributed by atoms with Crippen molar-refractivity contribution in [3.63, 3.8) is 0 Å². The van der Waals surface area contributed by atoms with Crippen molar-refractivity contribution in [2.75, 3.05) is 6.61 Å². The third-order valence-corrected chi connectivity index (χ3v) is 4.88. The predicted octanol–water partition coefficient (Wildman–Crippen LogP) is 3.79. The number of nitrogens with zero attached hydrogens (tertiary/aromatic N) is 3. The van der Waals surface area contributed by atoms with Gasteiger partial charge < -0.3 is 9.84 Å². The van der Waals surface area contributed by atoms with Crippen LogP contribution in [0, 0.1) is 0 Å². The maximum absolute atomic E-state index is 10.3. The second-order valence-corrected chi connectivity index (χ2v) is 6.62. The Morgan fingerprint density at radius 2 is 1.84 bits per heavy atom. The topological polar surface area (TPSA) is 60.2 Å². The van der Waals surface area contributed by atoms with Gasteiger partial charge in [0.1, 0.15) is 24.0 Å². The molecule has 0 aliphatic rings. The zero-order valence-electron chi connectivity index (χ0n) is 13.3. The molecular formula is C19H16BrN3O2. The number of rotatable bonds is 5. The lowest BCUT2D eigenvalue weighted by Crippen LogP contribution is -2.24. The van der Waals surface area contributed by atoms with E-state index in [0.29, 0.717) is 12.3 Å². The minimum atomic E-state index is -0.691. The Bertz CT molecular complexity index is 1030. The van der Waals surface area contributed by atoms with Gasteiger partial charge in [-0.15, -0.1) is 5.10 Å². The van der Waals surface area contributed by atoms with Crippen molar-refractivity contribution < 1.29 is 9.84 Å². The summed E-state index contributed by atoms with van der Waals surface area (Å²) in [7, 11) is 0. The number of para-hydroxylation sites is 1. The van der Waals surface area contributed by atoms with Crippen molar-refractivity contribution in [3.05, 3.63) is 65.1 Å². The molecular weight excluding hydrogens is 382 g/mol. The highest BCUT2D eigenvalue weighted by atomic mass is 79.9. The summed E-state index contributed by atoms with van der Waals surface area (Å²) in [5.41, 5.74) is 1.71. The smallest absolute Gasteiger partial charge is 0.134 e. The standard InChI is InChI=1S/C19H16BrN3O2/c20-19-15-6-2-1-5-13(15)9-10-18(19)25-12-14(24)11-23-17-8-4-3-7-16(17)21-22-23/h1-10,14,24H,11-12H2/t14-/m0/s1. The average Bonchev–Trinajstić information content (AvgIpc) is 3.04. The highest BCUT2D eigenvalue weighted by Gasteiger charge is 2.12. The molecule has 4 aromatic rings. The van der Waals surface area contributed by atoms with Gasteiger partial charge in [-0.25, -0.2) is 4.68 Å². The molecule has 0 amide bonds. The molecule has 0 unspecified atom stereocenters. The molecule has 0 aliphatic heterocycles. The molecule has 0 fully saturated rings. The first-order valence-electron chi connectivity index (χ1n) is 7.99. The summed E-state index contributed by atoms with van der Waals surface area (Å²) in [5.74, 6) is 0.709. The number of aromatic nitrogens is 3. The molecule has 0 radical (unpaired) electrons. The van der Waals surface area contributed by atoms with Crippen molar-refractivity contribution in [1.29, 1.82) is 0 Å². The fourth-order valence-corrected chi connectivity index (χ4v) is 3.42. The maximum atomic E-state index is 10.3. The van der Waals surface area contributed by atoms with E-state index in [1.165, 1.54) is 0 Å². The van der Waals surface area contributed by atoms with Crippen molar-refractivity contribution in [3.8, 4) is 5.75 Å². The lowest BCUT2D eigenvalue weighted by atomic mass is 10.1. The highest BCUT2D eigenvalue weighted by molar-refractivity contribution is 9.10. The summed E-state index contributed by atoms with van der Waals surface area (Å²) < 4.78 is 8.39. The Hall–Kier alpha value is -2.44. The molecule has 0 saturated carbocycles. The fourth-order valence-electron chi connectivity index (χ4n) is 2.82. The molecule has 4 rings (SSSR count). The van der Waals surface area contributed by atoms with Crippen LogP contribution in [0.1, 0.15) is 0 Å². The fraction of sp³-hybridized carbons (Fsp3) is 0.158. The number of aliphatic hydroxyl groups is 1. The van der Waals surface area contributed by atoms with Gasteiger partial charge in [0, 0.05) is 0 Å². The summed E-state index contributed by atoms with van der Waals surface area (Å²) in [6, 6.07) is 19.7. The number of hydrogen-bond donors (Lipinski definition) is 1. The molecule has 1 aromatic heterocycles. The van der Waals surface area contributed by atoms with Crippen LogP contribution >= 0.6 is 15.9 Å². The van der Waals surface area contributed by atoms with E-state index in [1.54, 1.807) is 4.68 Å². The zero-order valence-corrected chi connectivity index (χ0v) is 14.9. The van der Waals surface area contributed by atoms with E-state index in [4.69, 9.17) is 4.74 Å². The van der Waals surface area contributed by atoms with Gasteiger partial charge in [-0.2, -0.15) is 0 Å². The minimum Gasteiger partial charge on any atom is -0.490 e. The van der Waals surface area contributed by atoms with Crippen LogP contribution in [0.25, 0.3) is 21.8 Å². The quantitative estimate of drug-likeness (QED) is 0.556. The van der Waals surface area contributed by atoms with Gasteiger partial charge in [-0.05, 0) is 44.9 Å². The average molecular weight is 398 g/mol. The van der Waals surface area contributed by atoms with Gasteiger partial charge in [-0.1, -0.05) is 47.7 Å². The first-order chi connectivity index (χ1) is 12.2. The summed E-state index contributed by atoms with van der Waals surface area (Å²) in [5, 5.41) is 20.7. The van der Waals surface area contributed by atoms with Gasteiger partial charge in [0.15, 0.2) is 0 Å². The van der Waals surface area contributed by atoms with E-state index in [2.05, 4.69) is 32.3 Å². The predicted molar refractivity (Wildman–Crippen MR) is 101 cm³/mol. The van der Waals surface area contributed by atoms with Gasteiger partial charge in [-0.3, -0.25) is 0 Å². The Labute approximate surface area is 153 Å². The summed E-state index contributed by atoms with van der Waals surface area (Å²) in [6.07, 6.45) is -0.691. The molecule has 3 aromatic carbocycles. The number of hydrogen-bond acceptors (Lipinski definition) is 4. The lowest BCUT2D eigenvalue weighted by Gasteiger charge is -2.14. The Morgan fingerprint density at radius 3 is 2.76 bits per heavy atom. The Kier molecular flexibility index (Phi) is 4.38. The second kappa shape index (κ2) is 6.82. The van der Waals surface area contributed by atoms with Crippen molar-refractivity contribution >= 4 is 37.7 Å². The maximum Gasteiger partial charge on any atom is 0.134 e. The van der Waals surface area contributed by atoms with Crippen LogP contribution in [-0.4, -0.2) is 32.8 Å². The lowest BCUT2D eigenvalue weighted by molar-refractivity contribution is 0.0897. The number of halogens is 1. The number of fused-ring (bicyclic) bond motifs is 2. The van der Waals surface area contributed by atoms with E-state index in [9.17, 15) is 5.11 Å². The Balaban J connectivity index is 1.47.